The minimum Gasteiger partial charge on any atom is -0.305 e. The van der Waals surface area contributed by atoms with Gasteiger partial charge in [-0.05, 0) is 37.6 Å². The monoisotopic (exact) mass is 437 g/mol. The van der Waals surface area contributed by atoms with Gasteiger partial charge in [0, 0.05) is 23.4 Å². The molecule has 6 nitrogen and oxygen atoms in total. The molecule has 1 amide bonds. The standard InChI is InChI=1S/C23H21ClFN5O/c1-15-22(24)16(2)30(27-15)13-17-6-5-8-18(12-17)23(31)26-21-10-11-29(28-21)14-19-7-3-4-9-20(19)25/h3-12H,13-14H2,1-2H3,(H,26,28,31). The van der Waals surface area contributed by atoms with Crippen LogP contribution in [-0.4, -0.2) is 25.5 Å². The van der Waals surface area contributed by atoms with Gasteiger partial charge in [0.15, 0.2) is 5.82 Å². The average Bonchev–Trinajstić information content (AvgIpc) is 3.29. The van der Waals surface area contributed by atoms with Crippen molar-refractivity contribution in [3.05, 3.63) is 99.7 Å². The Kier molecular flexibility index (Phi) is 5.86. The second kappa shape index (κ2) is 8.73. The fourth-order valence-corrected chi connectivity index (χ4v) is 3.45. The van der Waals surface area contributed by atoms with Gasteiger partial charge in [0.1, 0.15) is 5.82 Å². The van der Waals surface area contributed by atoms with Crippen molar-refractivity contribution in [1.82, 2.24) is 19.6 Å². The molecule has 0 saturated heterocycles. The lowest BCUT2D eigenvalue weighted by molar-refractivity contribution is 0.102. The molecule has 0 spiro atoms. The van der Waals surface area contributed by atoms with Gasteiger partial charge in [0.2, 0.25) is 0 Å². The molecule has 1 N–H and O–H groups in total. The minimum absolute atomic E-state index is 0.274. The average molecular weight is 438 g/mol. The summed E-state index contributed by atoms with van der Waals surface area (Å²) in [7, 11) is 0. The molecule has 158 valence electrons. The Morgan fingerprint density at radius 2 is 1.87 bits per heavy atom. The molecule has 0 fully saturated rings. The summed E-state index contributed by atoms with van der Waals surface area (Å²) in [6.45, 7) is 4.57. The van der Waals surface area contributed by atoms with E-state index in [0.29, 0.717) is 28.5 Å². The number of rotatable bonds is 6. The topological polar surface area (TPSA) is 64.7 Å². The van der Waals surface area contributed by atoms with Crippen LogP contribution in [0.1, 0.15) is 32.9 Å². The molecule has 2 heterocycles. The van der Waals surface area contributed by atoms with Crippen molar-refractivity contribution < 1.29 is 9.18 Å². The molecule has 0 radical (unpaired) electrons. The van der Waals surface area contributed by atoms with Crippen molar-refractivity contribution in [2.75, 3.05) is 5.32 Å². The van der Waals surface area contributed by atoms with Gasteiger partial charge in [-0.15, -0.1) is 0 Å². The van der Waals surface area contributed by atoms with Crippen LogP contribution >= 0.6 is 11.6 Å². The van der Waals surface area contributed by atoms with E-state index in [-0.39, 0.29) is 18.3 Å². The summed E-state index contributed by atoms with van der Waals surface area (Å²) >= 11 is 6.22. The number of nitrogens with zero attached hydrogens (tertiary/aromatic N) is 4. The van der Waals surface area contributed by atoms with Crippen molar-refractivity contribution in [3.63, 3.8) is 0 Å². The van der Waals surface area contributed by atoms with E-state index in [1.165, 1.54) is 6.07 Å². The van der Waals surface area contributed by atoms with Gasteiger partial charge in [0.25, 0.3) is 5.91 Å². The SMILES string of the molecule is Cc1nn(Cc2cccc(C(=O)Nc3ccn(Cc4ccccc4F)n3)c2)c(C)c1Cl. The zero-order valence-electron chi connectivity index (χ0n) is 17.1. The van der Waals surface area contributed by atoms with Crippen LogP contribution in [0.2, 0.25) is 5.02 Å². The van der Waals surface area contributed by atoms with Crippen LogP contribution in [-0.2, 0) is 13.1 Å². The predicted molar refractivity (Wildman–Crippen MR) is 118 cm³/mol. The molecule has 4 aromatic rings. The number of anilines is 1. The predicted octanol–water partition coefficient (Wildman–Crippen LogP) is 4.84. The van der Waals surface area contributed by atoms with Crippen LogP contribution < -0.4 is 5.32 Å². The van der Waals surface area contributed by atoms with E-state index in [1.54, 1.807) is 41.2 Å². The molecule has 0 aliphatic rings. The third-order valence-electron chi connectivity index (χ3n) is 4.99. The van der Waals surface area contributed by atoms with Gasteiger partial charge in [-0.3, -0.25) is 14.2 Å². The van der Waals surface area contributed by atoms with Crippen molar-refractivity contribution in [2.24, 2.45) is 0 Å². The van der Waals surface area contributed by atoms with Crippen LogP contribution in [0.25, 0.3) is 0 Å². The fourth-order valence-electron chi connectivity index (χ4n) is 3.32. The van der Waals surface area contributed by atoms with Crippen LogP contribution in [0.15, 0.2) is 60.8 Å². The molecular formula is C23H21ClFN5O. The Balaban J connectivity index is 1.44. The zero-order chi connectivity index (χ0) is 22.0. The highest BCUT2D eigenvalue weighted by Gasteiger charge is 2.12. The number of carbonyl (C=O) groups is 1. The highest BCUT2D eigenvalue weighted by atomic mass is 35.5. The summed E-state index contributed by atoms with van der Waals surface area (Å²) in [6.07, 6.45) is 1.70. The van der Waals surface area contributed by atoms with Gasteiger partial charge in [-0.25, -0.2) is 4.39 Å². The fraction of sp³-hybridized carbons (Fsp3) is 0.174. The lowest BCUT2D eigenvalue weighted by atomic mass is 10.1. The van der Waals surface area contributed by atoms with Crippen LogP contribution in [0.4, 0.5) is 10.2 Å². The summed E-state index contributed by atoms with van der Waals surface area (Å²) in [5.41, 5.74) is 3.63. The minimum atomic E-state index is -0.288. The molecule has 2 aromatic carbocycles. The quantitative estimate of drug-likeness (QED) is 0.469. The molecule has 0 unspecified atom stereocenters. The maximum Gasteiger partial charge on any atom is 0.256 e. The number of aryl methyl sites for hydroxylation is 1. The second-order valence-corrected chi connectivity index (χ2v) is 7.66. The second-order valence-electron chi connectivity index (χ2n) is 7.29. The first-order valence-electron chi connectivity index (χ1n) is 9.77. The maximum atomic E-state index is 13.8. The van der Waals surface area contributed by atoms with E-state index in [0.717, 1.165) is 17.0 Å². The molecule has 0 bridgehead atoms. The van der Waals surface area contributed by atoms with Gasteiger partial charge in [0.05, 0.1) is 29.5 Å². The lowest BCUT2D eigenvalue weighted by Gasteiger charge is -2.08. The summed E-state index contributed by atoms with van der Waals surface area (Å²) in [6, 6.07) is 15.5. The van der Waals surface area contributed by atoms with E-state index >= 15 is 0 Å². The van der Waals surface area contributed by atoms with Gasteiger partial charge >= 0.3 is 0 Å². The molecule has 0 saturated carbocycles. The van der Waals surface area contributed by atoms with E-state index in [2.05, 4.69) is 15.5 Å². The van der Waals surface area contributed by atoms with E-state index in [9.17, 15) is 9.18 Å². The largest absolute Gasteiger partial charge is 0.305 e. The summed E-state index contributed by atoms with van der Waals surface area (Å²) in [5, 5.41) is 12.2. The number of hydrogen-bond acceptors (Lipinski definition) is 3. The lowest BCUT2D eigenvalue weighted by Crippen LogP contribution is -2.14. The first-order valence-corrected chi connectivity index (χ1v) is 10.1. The number of aromatic nitrogens is 4. The maximum absolute atomic E-state index is 13.8. The van der Waals surface area contributed by atoms with Gasteiger partial charge in [-0.1, -0.05) is 41.9 Å². The molecule has 0 aliphatic heterocycles. The molecule has 4 rings (SSSR count). The summed E-state index contributed by atoms with van der Waals surface area (Å²) in [4.78, 5) is 12.7. The Labute approximate surface area is 184 Å². The molecule has 8 heteroatoms. The number of amides is 1. The Morgan fingerprint density at radius 1 is 1.06 bits per heavy atom. The van der Waals surface area contributed by atoms with Crippen molar-refractivity contribution in [1.29, 1.82) is 0 Å². The third-order valence-corrected chi connectivity index (χ3v) is 5.53. The first kappa shape index (κ1) is 20.8. The number of halogens is 2. The smallest absolute Gasteiger partial charge is 0.256 e. The highest BCUT2D eigenvalue weighted by molar-refractivity contribution is 6.31. The molecular weight excluding hydrogens is 417 g/mol. The molecule has 0 atom stereocenters. The van der Waals surface area contributed by atoms with Crippen molar-refractivity contribution in [2.45, 2.75) is 26.9 Å². The van der Waals surface area contributed by atoms with Crippen molar-refractivity contribution >= 4 is 23.3 Å². The Hall–Kier alpha value is -3.45. The van der Waals surface area contributed by atoms with Crippen LogP contribution in [0, 0.1) is 19.7 Å². The normalized spacial score (nSPS) is 11.0. The summed E-state index contributed by atoms with van der Waals surface area (Å²) in [5.74, 6) is -0.161. The van der Waals surface area contributed by atoms with Gasteiger partial charge in [-0.2, -0.15) is 10.2 Å². The van der Waals surface area contributed by atoms with E-state index in [4.69, 9.17) is 11.6 Å². The molecule has 31 heavy (non-hydrogen) atoms. The van der Waals surface area contributed by atoms with Crippen LogP contribution in [0.5, 0.6) is 0 Å². The third kappa shape index (κ3) is 4.67. The number of carbonyl (C=O) groups excluding carboxylic acids is 1. The molecule has 0 aliphatic carbocycles. The summed E-state index contributed by atoms with van der Waals surface area (Å²) < 4.78 is 17.2. The number of hydrogen-bond donors (Lipinski definition) is 1. The Morgan fingerprint density at radius 3 is 2.61 bits per heavy atom. The number of nitrogens with one attached hydrogen (secondary N) is 1. The highest BCUT2D eigenvalue weighted by Crippen LogP contribution is 2.20. The first-order chi connectivity index (χ1) is 14.9. The Bertz CT molecular complexity index is 1250. The zero-order valence-corrected chi connectivity index (χ0v) is 17.9. The van der Waals surface area contributed by atoms with E-state index < -0.39 is 0 Å². The van der Waals surface area contributed by atoms with Crippen LogP contribution in [0.3, 0.4) is 0 Å². The van der Waals surface area contributed by atoms with Gasteiger partial charge < -0.3 is 5.32 Å². The van der Waals surface area contributed by atoms with Crippen molar-refractivity contribution in [3.8, 4) is 0 Å². The number of benzene rings is 2. The molecule has 2 aromatic heterocycles. The van der Waals surface area contributed by atoms with E-state index in [1.807, 2.05) is 36.7 Å².